The van der Waals surface area contributed by atoms with Gasteiger partial charge in [-0.1, -0.05) is 12.1 Å². The van der Waals surface area contributed by atoms with Crippen molar-refractivity contribution in [3.63, 3.8) is 0 Å². The molecule has 2 aromatic rings. The second-order valence-corrected chi connectivity index (χ2v) is 4.76. The number of rotatable bonds is 6. The first-order chi connectivity index (χ1) is 10.6. The zero-order valence-corrected chi connectivity index (χ0v) is 12.6. The van der Waals surface area contributed by atoms with Crippen molar-refractivity contribution in [2.45, 2.75) is 13.0 Å². The second kappa shape index (κ2) is 7.45. The number of methoxy groups -OCH3 is 2. The van der Waals surface area contributed by atoms with Crippen LogP contribution >= 0.6 is 0 Å². The van der Waals surface area contributed by atoms with Gasteiger partial charge in [-0.15, -0.1) is 0 Å². The summed E-state index contributed by atoms with van der Waals surface area (Å²) in [5.74, 6) is 0.831. The van der Waals surface area contributed by atoms with E-state index in [2.05, 4.69) is 5.32 Å². The average Bonchev–Trinajstić information content (AvgIpc) is 2.52. The van der Waals surface area contributed by atoms with Gasteiger partial charge in [0.1, 0.15) is 17.3 Å². The lowest BCUT2D eigenvalue weighted by Crippen LogP contribution is -2.24. The minimum absolute atomic E-state index is 0.129. The molecule has 0 bridgehead atoms. The van der Waals surface area contributed by atoms with Gasteiger partial charge in [0.25, 0.3) is 0 Å². The summed E-state index contributed by atoms with van der Waals surface area (Å²) in [6.07, 6.45) is 0.129. The van der Waals surface area contributed by atoms with Crippen LogP contribution in [0.2, 0.25) is 0 Å². The van der Waals surface area contributed by atoms with E-state index in [-0.39, 0.29) is 18.1 Å². The van der Waals surface area contributed by atoms with Gasteiger partial charge in [-0.05, 0) is 35.9 Å². The minimum Gasteiger partial charge on any atom is -0.497 e. The van der Waals surface area contributed by atoms with Crippen molar-refractivity contribution in [2.75, 3.05) is 14.2 Å². The SMILES string of the molecule is COc1ccc(OC)c(CNC(=O)Cc2cccc(F)c2)c1. The van der Waals surface area contributed by atoms with Gasteiger partial charge in [-0.25, -0.2) is 4.39 Å². The Hall–Kier alpha value is -2.56. The fourth-order valence-electron chi connectivity index (χ4n) is 2.11. The number of carbonyl (C=O) groups is 1. The average molecular weight is 303 g/mol. The molecule has 0 atom stereocenters. The monoisotopic (exact) mass is 303 g/mol. The molecule has 0 fully saturated rings. The van der Waals surface area contributed by atoms with Gasteiger partial charge in [-0.3, -0.25) is 4.79 Å². The number of carbonyl (C=O) groups excluding carboxylic acids is 1. The lowest BCUT2D eigenvalue weighted by molar-refractivity contribution is -0.120. The third-order valence-corrected chi connectivity index (χ3v) is 3.22. The second-order valence-electron chi connectivity index (χ2n) is 4.76. The molecule has 2 rings (SSSR count). The molecule has 0 spiro atoms. The molecule has 0 saturated carbocycles. The molecule has 1 N–H and O–H groups in total. The van der Waals surface area contributed by atoms with E-state index in [0.717, 1.165) is 5.56 Å². The summed E-state index contributed by atoms with van der Waals surface area (Å²) in [6.45, 7) is 0.314. The Labute approximate surface area is 128 Å². The molecule has 0 radical (unpaired) electrons. The van der Waals surface area contributed by atoms with E-state index >= 15 is 0 Å². The van der Waals surface area contributed by atoms with Crippen molar-refractivity contribution >= 4 is 5.91 Å². The standard InChI is InChI=1S/C17H18FNO3/c1-21-15-6-7-16(22-2)13(10-15)11-19-17(20)9-12-4-3-5-14(18)8-12/h3-8,10H,9,11H2,1-2H3,(H,19,20). The predicted octanol–water partition coefficient (Wildman–Crippen LogP) is 2.70. The van der Waals surface area contributed by atoms with Crippen LogP contribution in [-0.4, -0.2) is 20.1 Å². The maximum atomic E-state index is 13.1. The molecular formula is C17H18FNO3. The summed E-state index contributed by atoms with van der Waals surface area (Å²) >= 11 is 0. The fraction of sp³-hybridized carbons (Fsp3) is 0.235. The molecule has 5 heteroatoms. The van der Waals surface area contributed by atoms with Gasteiger partial charge in [0.2, 0.25) is 5.91 Å². The summed E-state index contributed by atoms with van der Waals surface area (Å²) in [4.78, 5) is 11.9. The summed E-state index contributed by atoms with van der Waals surface area (Å²) in [5, 5.41) is 2.80. The highest BCUT2D eigenvalue weighted by atomic mass is 19.1. The smallest absolute Gasteiger partial charge is 0.224 e. The number of ether oxygens (including phenoxy) is 2. The third kappa shape index (κ3) is 4.22. The van der Waals surface area contributed by atoms with Crippen molar-refractivity contribution in [2.24, 2.45) is 0 Å². The van der Waals surface area contributed by atoms with E-state index in [9.17, 15) is 9.18 Å². The molecule has 0 saturated heterocycles. The van der Waals surface area contributed by atoms with Crippen LogP contribution < -0.4 is 14.8 Å². The van der Waals surface area contributed by atoms with E-state index in [1.54, 1.807) is 44.6 Å². The molecular weight excluding hydrogens is 285 g/mol. The van der Waals surface area contributed by atoms with Crippen LogP contribution in [0.1, 0.15) is 11.1 Å². The van der Waals surface area contributed by atoms with Crippen molar-refractivity contribution in [3.05, 3.63) is 59.4 Å². The van der Waals surface area contributed by atoms with E-state index in [1.165, 1.54) is 12.1 Å². The molecule has 22 heavy (non-hydrogen) atoms. The lowest BCUT2D eigenvalue weighted by atomic mass is 10.1. The number of halogens is 1. The number of amides is 1. The molecule has 0 aromatic heterocycles. The maximum absolute atomic E-state index is 13.1. The summed E-state index contributed by atoms with van der Waals surface area (Å²) in [6, 6.07) is 11.4. The molecule has 1 amide bonds. The highest BCUT2D eigenvalue weighted by molar-refractivity contribution is 5.78. The van der Waals surface area contributed by atoms with Gasteiger partial charge < -0.3 is 14.8 Å². The van der Waals surface area contributed by atoms with E-state index in [1.807, 2.05) is 0 Å². The molecule has 2 aromatic carbocycles. The summed E-state index contributed by atoms with van der Waals surface area (Å²) < 4.78 is 23.5. The minimum atomic E-state index is -0.347. The van der Waals surface area contributed by atoms with Crippen LogP contribution in [0.5, 0.6) is 11.5 Å². The van der Waals surface area contributed by atoms with Crippen LogP contribution in [0, 0.1) is 5.82 Å². The van der Waals surface area contributed by atoms with E-state index in [0.29, 0.717) is 23.6 Å². The fourth-order valence-corrected chi connectivity index (χ4v) is 2.11. The quantitative estimate of drug-likeness (QED) is 0.892. The predicted molar refractivity (Wildman–Crippen MR) is 81.5 cm³/mol. The van der Waals surface area contributed by atoms with Crippen molar-refractivity contribution in [1.82, 2.24) is 5.32 Å². The molecule has 116 valence electrons. The van der Waals surface area contributed by atoms with E-state index < -0.39 is 0 Å². The van der Waals surface area contributed by atoms with Gasteiger partial charge >= 0.3 is 0 Å². The summed E-state index contributed by atoms with van der Waals surface area (Å²) in [7, 11) is 3.15. The highest BCUT2D eigenvalue weighted by Gasteiger charge is 2.08. The molecule has 0 unspecified atom stereocenters. The van der Waals surface area contributed by atoms with Crippen molar-refractivity contribution in [1.29, 1.82) is 0 Å². The van der Waals surface area contributed by atoms with E-state index in [4.69, 9.17) is 9.47 Å². The Morgan fingerprint density at radius 3 is 2.64 bits per heavy atom. The van der Waals surface area contributed by atoms with Crippen molar-refractivity contribution < 1.29 is 18.7 Å². The molecule has 4 nitrogen and oxygen atoms in total. The van der Waals surface area contributed by atoms with Crippen LogP contribution in [0.25, 0.3) is 0 Å². The molecule has 0 aliphatic rings. The largest absolute Gasteiger partial charge is 0.497 e. The number of benzene rings is 2. The van der Waals surface area contributed by atoms with Crippen molar-refractivity contribution in [3.8, 4) is 11.5 Å². The Balaban J connectivity index is 1.98. The number of hydrogen-bond acceptors (Lipinski definition) is 3. The number of nitrogens with one attached hydrogen (secondary N) is 1. The van der Waals surface area contributed by atoms with Gasteiger partial charge in [0.05, 0.1) is 20.6 Å². The molecule has 0 heterocycles. The normalized spacial score (nSPS) is 10.1. The third-order valence-electron chi connectivity index (χ3n) is 3.22. The van der Waals surface area contributed by atoms with Crippen LogP contribution in [-0.2, 0) is 17.8 Å². The zero-order chi connectivity index (χ0) is 15.9. The Morgan fingerprint density at radius 2 is 1.95 bits per heavy atom. The first-order valence-corrected chi connectivity index (χ1v) is 6.84. The topological polar surface area (TPSA) is 47.6 Å². The van der Waals surface area contributed by atoms with Gasteiger partial charge in [0, 0.05) is 12.1 Å². The van der Waals surface area contributed by atoms with Gasteiger partial charge in [0.15, 0.2) is 0 Å². The number of hydrogen-bond donors (Lipinski definition) is 1. The summed E-state index contributed by atoms with van der Waals surface area (Å²) in [5.41, 5.74) is 1.45. The van der Waals surface area contributed by atoms with Crippen LogP contribution in [0.15, 0.2) is 42.5 Å². The first-order valence-electron chi connectivity index (χ1n) is 6.84. The molecule has 0 aliphatic carbocycles. The zero-order valence-electron chi connectivity index (χ0n) is 12.6. The Morgan fingerprint density at radius 1 is 1.14 bits per heavy atom. The Bertz CT molecular complexity index is 658. The lowest BCUT2D eigenvalue weighted by Gasteiger charge is -2.11. The van der Waals surface area contributed by atoms with Crippen LogP contribution in [0.4, 0.5) is 4.39 Å². The highest BCUT2D eigenvalue weighted by Crippen LogP contribution is 2.23. The van der Waals surface area contributed by atoms with Crippen LogP contribution in [0.3, 0.4) is 0 Å². The maximum Gasteiger partial charge on any atom is 0.224 e. The molecule has 0 aliphatic heterocycles. The van der Waals surface area contributed by atoms with Gasteiger partial charge in [-0.2, -0.15) is 0 Å². The first kappa shape index (κ1) is 15.8. The Kier molecular flexibility index (Phi) is 5.36.